The Labute approximate surface area is 103 Å². The molecule has 0 N–H and O–H groups in total. The number of pyridine rings is 1. The van der Waals surface area contributed by atoms with Gasteiger partial charge in [0.1, 0.15) is 16.6 Å². The third-order valence-electron chi connectivity index (χ3n) is 1.76. The number of halogens is 6. The SMILES string of the molecule is N#CCc1c(OC(F)(F)F)cc(C(F)F)nc1Cl. The van der Waals surface area contributed by atoms with Gasteiger partial charge in [0.15, 0.2) is 0 Å². The summed E-state index contributed by atoms with van der Waals surface area (Å²) < 4.78 is 64.5. The summed E-state index contributed by atoms with van der Waals surface area (Å²) in [4.78, 5) is 3.20. The third-order valence-corrected chi connectivity index (χ3v) is 2.07. The van der Waals surface area contributed by atoms with Crippen molar-refractivity contribution in [3.63, 3.8) is 0 Å². The summed E-state index contributed by atoms with van der Waals surface area (Å²) in [5, 5.41) is 7.81. The van der Waals surface area contributed by atoms with E-state index in [1.54, 1.807) is 6.07 Å². The maximum atomic E-state index is 12.4. The highest BCUT2D eigenvalue weighted by Gasteiger charge is 2.33. The van der Waals surface area contributed by atoms with Gasteiger partial charge in [-0.15, -0.1) is 13.2 Å². The second-order valence-corrected chi connectivity index (χ2v) is 3.36. The van der Waals surface area contributed by atoms with Crippen molar-refractivity contribution in [3.05, 3.63) is 22.5 Å². The van der Waals surface area contributed by atoms with Crippen molar-refractivity contribution in [1.29, 1.82) is 5.26 Å². The molecule has 0 aliphatic carbocycles. The van der Waals surface area contributed by atoms with E-state index in [9.17, 15) is 22.0 Å². The lowest BCUT2D eigenvalue weighted by molar-refractivity contribution is -0.274. The molecule has 0 amide bonds. The molecule has 1 aromatic heterocycles. The van der Waals surface area contributed by atoms with Crippen LogP contribution in [0.25, 0.3) is 0 Å². The molecule has 1 rings (SSSR count). The Morgan fingerprint density at radius 1 is 1.44 bits per heavy atom. The van der Waals surface area contributed by atoms with Gasteiger partial charge < -0.3 is 4.74 Å². The van der Waals surface area contributed by atoms with E-state index < -0.39 is 35.8 Å². The number of hydrogen-bond donors (Lipinski definition) is 0. The molecule has 0 bridgehead atoms. The van der Waals surface area contributed by atoms with Crippen LogP contribution in [0.5, 0.6) is 5.75 Å². The molecule has 0 saturated carbocycles. The van der Waals surface area contributed by atoms with Crippen LogP contribution in [0.2, 0.25) is 5.15 Å². The van der Waals surface area contributed by atoms with E-state index in [-0.39, 0.29) is 5.56 Å². The first-order chi connectivity index (χ1) is 8.24. The van der Waals surface area contributed by atoms with E-state index in [4.69, 9.17) is 16.9 Å². The number of nitrogens with zero attached hydrogens (tertiary/aromatic N) is 2. The molecule has 0 radical (unpaired) electrons. The Kier molecular flexibility index (Phi) is 4.29. The third kappa shape index (κ3) is 3.70. The highest BCUT2D eigenvalue weighted by atomic mass is 35.5. The fourth-order valence-corrected chi connectivity index (χ4v) is 1.36. The standard InChI is InChI=1S/C9H4ClF5N2O/c10-7-4(1-2-16)6(18-9(13,14)15)3-5(17-7)8(11)12/h3,8H,1H2. The van der Waals surface area contributed by atoms with E-state index in [1.165, 1.54) is 0 Å². The van der Waals surface area contributed by atoms with E-state index >= 15 is 0 Å². The molecule has 0 atom stereocenters. The maximum absolute atomic E-state index is 12.4. The van der Waals surface area contributed by atoms with E-state index in [0.29, 0.717) is 6.07 Å². The van der Waals surface area contributed by atoms with Crippen LogP contribution in [0.3, 0.4) is 0 Å². The van der Waals surface area contributed by atoms with E-state index in [1.807, 2.05) is 0 Å². The summed E-state index contributed by atoms with van der Waals surface area (Å²) in [6.45, 7) is 0. The predicted molar refractivity (Wildman–Crippen MR) is 50.2 cm³/mol. The molecule has 0 unspecified atom stereocenters. The Balaban J connectivity index is 3.29. The zero-order valence-electron chi connectivity index (χ0n) is 8.43. The first-order valence-electron chi connectivity index (χ1n) is 4.34. The first kappa shape index (κ1) is 14.4. The summed E-state index contributed by atoms with van der Waals surface area (Å²) in [6.07, 6.45) is -8.72. The predicted octanol–water partition coefficient (Wildman–Crippen LogP) is 3.64. The summed E-state index contributed by atoms with van der Waals surface area (Å²) >= 11 is 5.44. The smallest absolute Gasteiger partial charge is 0.405 e. The molecular formula is C9H4ClF5N2O. The number of aromatic nitrogens is 1. The van der Waals surface area contributed by atoms with Gasteiger partial charge in [0.2, 0.25) is 0 Å². The molecule has 0 fully saturated rings. The lowest BCUT2D eigenvalue weighted by Crippen LogP contribution is -2.18. The lowest BCUT2D eigenvalue weighted by Gasteiger charge is -2.14. The van der Waals surface area contributed by atoms with Gasteiger partial charge in [-0.3, -0.25) is 0 Å². The molecule has 98 valence electrons. The quantitative estimate of drug-likeness (QED) is 0.629. The molecule has 0 aliphatic rings. The molecule has 0 aliphatic heterocycles. The van der Waals surface area contributed by atoms with Crippen LogP contribution < -0.4 is 4.74 Å². The Hall–Kier alpha value is -1.62. The number of nitriles is 1. The number of alkyl halides is 5. The molecule has 1 aromatic rings. The highest BCUT2D eigenvalue weighted by Crippen LogP contribution is 2.33. The Morgan fingerprint density at radius 2 is 2.06 bits per heavy atom. The summed E-state index contributed by atoms with van der Waals surface area (Å²) in [5.41, 5.74) is -1.35. The van der Waals surface area contributed by atoms with Crippen LogP contribution in [-0.4, -0.2) is 11.3 Å². The minimum Gasteiger partial charge on any atom is -0.405 e. The van der Waals surface area contributed by atoms with Gasteiger partial charge in [-0.05, 0) is 0 Å². The van der Waals surface area contributed by atoms with E-state index in [0.717, 1.165) is 0 Å². The van der Waals surface area contributed by atoms with Crippen molar-refractivity contribution in [1.82, 2.24) is 4.98 Å². The van der Waals surface area contributed by atoms with Gasteiger partial charge in [0, 0.05) is 11.6 Å². The number of hydrogen-bond acceptors (Lipinski definition) is 3. The van der Waals surface area contributed by atoms with Crippen molar-refractivity contribution < 1.29 is 26.7 Å². The first-order valence-corrected chi connectivity index (χ1v) is 4.72. The highest BCUT2D eigenvalue weighted by molar-refractivity contribution is 6.30. The minimum absolute atomic E-state index is 0.388. The summed E-state index contributed by atoms with van der Waals surface area (Å²) in [7, 11) is 0. The van der Waals surface area contributed by atoms with Gasteiger partial charge >= 0.3 is 6.36 Å². The Bertz CT molecular complexity index is 483. The van der Waals surface area contributed by atoms with Crippen LogP contribution in [-0.2, 0) is 6.42 Å². The van der Waals surface area contributed by atoms with Crippen molar-refractivity contribution in [2.75, 3.05) is 0 Å². The van der Waals surface area contributed by atoms with Gasteiger partial charge in [-0.1, -0.05) is 11.6 Å². The minimum atomic E-state index is -5.08. The molecule has 18 heavy (non-hydrogen) atoms. The van der Waals surface area contributed by atoms with Gasteiger partial charge in [-0.25, -0.2) is 13.8 Å². The number of rotatable bonds is 3. The van der Waals surface area contributed by atoms with Crippen LogP contribution >= 0.6 is 11.6 Å². The van der Waals surface area contributed by atoms with Gasteiger partial charge in [0.25, 0.3) is 6.43 Å². The fourth-order valence-electron chi connectivity index (χ4n) is 1.10. The molecule has 1 heterocycles. The molecule has 0 saturated heterocycles. The normalized spacial score (nSPS) is 11.4. The van der Waals surface area contributed by atoms with Crippen molar-refractivity contribution >= 4 is 11.6 Å². The lowest BCUT2D eigenvalue weighted by atomic mass is 10.2. The fraction of sp³-hybridized carbons (Fsp3) is 0.333. The van der Waals surface area contributed by atoms with Crippen LogP contribution in [0.15, 0.2) is 6.07 Å². The zero-order valence-corrected chi connectivity index (χ0v) is 9.19. The van der Waals surface area contributed by atoms with Crippen LogP contribution in [0.1, 0.15) is 17.7 Å². The second-order valence-electron chi connectivity index (χ2n) is 3.00. The summed E-state index contributed by atoms with van der Waals surface area (Å²) in [5.74, 6) is -0.945. The van der Waals surface area contributed by atoms with Crippen molar-refractivity contribution in [2.24, 2.45) is 0 Å². The zero-order chi connectivity index (χ0) is 13.9. The van der Waals surface area contributed by atoms with Gasteiger partial charge in [0.05, 0.1) is 12.5 Å². The van der Waals surface area contributed by atoms with Gasteiger partial charge in [-0.2, -0.15) is 5.26 Å². The molecule has 3 nitrogen and oxygen atoms in total. The number of ether oxygens (including phenoxy) is 1. The average molecular weight is 287 g/mol. The van der Waals surface area contributed by atoms with Crippen LogP contribution in [0.4, 0.5) is 22.0 Å². The second kappa shape index (κ2) is 5.35. The van der Waals surface area contributed by atoms with E-state index in [2.05, 4.69) is 9.72 Å². The van der Waals surface area contributed by atoms with Crippen molar-refractivity contribution in [3.8, 4) is 11.8 Å². The van der Waals surface area contributed by atoms with Crippen LogP contribution in [0, 0.1) is 11.3 Å². The monoisotopic (exact) mass is 286 g/mol. The average Bonchev–Trinajstić information content (AvgIpc) is 2.20. The molecule has 0 aromatic carbocycles. The summed E-state index contributed by atoms with van der Waals surface area (Å²) in [6, 6.07) is 1.95. The molecule has 9 heteroatoms. The maximum Gasteiger partial charge on any atom is 0.573 e. The molecule has 0 spiro atoms. The topological polar surface area (TPSA) is 45.9 Å². The Morgan fingerprint density at radius 3 is 2.50 bits per heavy atom. The largest absolute Gasteiger partial charge is 0.573 e. The molecular weight excluding hydrogens is 283 g/mol. The van der Waals surface area contributed by atoms with Crippen molar-refractivity contribution in [2.45, 2.75) is 19.2 Å².